The van der Waals surface area contributed by atoms with E-state index >= 15 is 0 Å². The minimum atomic E-state index is -4.79. The number of hydrogen-bond donors (Lipinski definition) is 2. The SMILES string of the molecule is CC(=O)Nc1cc(Nc2cc(N3CC[C@@H](OC(F)(F)F)C3)cc(S(C)(=O)=O)n2)c(-c2ccc3c(n2)OCC(C)(C)O3)cn1. The van der Waals surface area contributed by atoms with Gasteiger partial charge in [-0.05, 0) is 38.5 Å². The summed E-state index contributed by atoms with van der Waals surface area (Å²) in [6.07, 6.45) is -3.34. The number of alkyl halides is 3. The van der Waals surface area contributed by atoms with E-state index in [1.54, 1.807) is 17.0 Å². The van der Waals surface area contributed by atoms with Gasteiger partial charge < -0.3 is 25.0 Å². The topological polar surface area (TPSA) is 145 Å². The van der Waals surface area contributed by atoms with Gasteiger partial charge in [0.2, 0.25) is 5.91 Å². The minimum absolute atomic E-state index is 0.0821. The number of halogens is 3. The molecule has 0 unspecified atom stereocenters. The summed E-state index contributed by atoms with van der Waals surface area (Å²) >= 11 is 0. The first-order chi connectivity index (χ1) is 20.0. The van der Waals surface area contributed by atoms with Gasteiger partial charge in [-0.15, -0.1) is 13.2 Å². The Bertz CT molecular complexity index is 1670. The highest BCUT2D eigenvalue weighted by Gasteiger charge is 2.37. The van der Waals surface area contributed by atoms with Crippen LogP contribution in [0, 0.1) is 0 Å². The molecule has 230 valence electrons. The molecule has 5 heterocycles. The Morgan fingerprint density at radius 3 is 2.63 bits per heavy atom. The Hall–Kier alpha value is -4.18. The van der Waals surface area contributed by atoms with E-state index in [1.807, 2.05) is 13.8 Å². The van der Waals surface area contributed by atoms with Crippen molar-refractivity contribution in [1.29, 1.82) is 0 Å². The fraction of sp³-hybridized carbons (Fsp3) is 0.407. The molecule has 3 aromatic heterocycles. The molecule has 2 aliphatic rings. The van der Waals surface area contributed by atoms with Crippen molar-refractivity contribution in [2.24, 2.45) is 0 Å². The number of carbonyl (C=O) groups is 1. The summed E-state index contributed by atoms with van der Waals surface area (Å²) in [4.78, 5) is 26.4. The number of ether oxygens (including phenoxy) is 3. The number of nitrogens with zero attached hydrogens (tertiary/aromatic N) is 4. The van der Waals surface area contributed by atoms with Gasteiger partial charge in [0, 0.05) is 55.8 Å². The number of sulfone groups is 1. The highest BCUT2D eigenvalue weighted by molar-refractivity contribution is 7.90. The summed E-state index contributed by atoms with van der Waals surface area (Å²) in [5.74, 6) is 0.652. The van der Waals surface area contributed by atoms with Gasteiger partial charge in [-0.1, -0.05) is 0 Å². The molecule has 12 nitrogen and oxygen atoms in total. The monoisotopic (exact) mass is 622 g/mol. The van der Waals surface area contributed by atoms with Crippen molar-refractivity contribution in [1.82, 2.24) is 15.0 Å². The van der Waals surface area contributed by atoms with E-state index in [1.165, 1.54) is 31.3 Å². The number of pyridine rings is 3. The average molecular weight is 623 g/mol. The van der Waals surface area contributed by atoms with Crippen molar-refractivity contribution in [2.45, 2.75) is 50.3 Å². The van der Waals surface area contributed by atoms with Crippen molar-refractivity contribution in [3.63, 3.8) is 0 Å². The molecule has 0 bridgehead atoms. The van der Waals surface area contributed by atoms with Gasteiger partial charge in [0.15, 0.2) is 20.6 Å². The maximum atomic E-state index is 12.8. The van der Waals surface area contributed by atoms with Crippen LogP contribution in [0.4, 0.5) is 36.2 Å². The number of nitrogens with one attached hydrogen (secondary N) is 2. The number of carbonyl (C=O) groups excluding carboxylic acids is 1. The highest BCUT2D eigenvalue weighted by atomic mass is 32.2. The lowest BCUT2D eigenvalue weighted by Gasteiger charge is -2.31. The number of hydrogen-bond acceptors (Lipinski definition) is 11. The zero-order chi connectivity index (χ0) is 31.2. The van der Waals surface area contributed by atoms with Crippen LogP contribution in [0.25, 0.3) is 11.3 Å². The first-order valence-corrected chi connectivity index (χ1v) is 15.0. The number of anilines is 4. The molecule has 2 aliphatic heterocycles. The molecule has 2 N–H and O–H groups in total. The zero-order valence-electron chi connectivity index (χ0n) is 23.7. The Kier molecular flexibility index (Phi) is 7.85. The van der Waals surface area contributed by atoms with Crippen LogP contribution in [0.5, 0.6) is 11.6 Å². The summed E-state index contributed by atoms with van der Waals surface area (Å²) in [5.41, 5.74) is 1.04. The van der Waals surface area contributed by atoms with Crippen LogP contribution < -0.4 is 25.0 Å². The Morgan fingerprint density at radius 1 is 1.16 bits per heavy atom. The first kappa shape index (κ1) is 30.3. The van der Waals surface area contributed by atoms with Gasteiger partial charge >= 0.3 is 6.36 Å². The van der Waals surface area contributed by atoms with Crippen molar-refractivity contribution >= 4 is 38.8 Å². The number of fused-ring (bicyclic) bond motifs is 1. The maximum Gasteiger partial charge on any atom is 0.522 e. The molecule has 0 aromatic carbocycles. The number of aromatic nitrogens is 3. The van der Waals surface area contributed by atoms with Crippen LogP contribution in [0.3, 0.4) is 0 Å². The van der Waals surface area contributed by atoms with Crippen molar-refractivity contribution in [3.05, 3.63) is 36.5 Å². The molecule has 5 rings (SSSR count). The van der Waals surface area contributed by atoms with Crippen LogP contribution in [0.15, 0.2) is 41.6 Å². The van der Waals surface area contributed by atoms with E-state index < -0.39 is 27.9 Å². The van der Waals surface area contributed by atoms with Gasteiger partial charge in [-0.3, -0.25) is 9.53 Å². The van der Waals surface area contributed by atoms with Gasteiger partial charge in [-0.25, -0.2) is 23.4 Å². The van der Waals surface area contributed by atoms with E-state index in [9.17, 15) is 26.4 Å². The van der Waals surface area contributed by atoms with E-state index in [4.69, 9.17) is 9.47 Å². The second-order valence-electron chi connectivity index (χ2n) is 10.8. The summed E-state index contributed by atoms with van der Waals surface area (Å²) < 4.78 is 79.3. The molecule has 1 saturated heterocycles. The number of amides is 1. The Labute approximate surface area is 245 Å². The van der Waals surface area contributed by atoms with Gasteiger partial charge in [0.05, 0.1) is 17.5 Å². The standard InChI is InChI=1S/C27H29F3N6O6S/c1-15(37)32-22-11-20(18(12-31-22)19-5-6-21-25(34-19)40-14-26(2,3)42-21)33-23-9-16(10-24(35-23)43(4,38)39)36-8-7-17(13-36)41-27(28,29)30/h5-6,9-12,17H,7-8,13-14H2,1-4H3,(H2,31,32,33,35,37)/t17-/m1/s1. The van der Waals surface area contributed by atoms with E-state index in [0.29, 0.717) is 28.4 Å². The lowest BCUT2D eigenvalue weighted by Crippen LogP contribution is -2.39. The molecule has 1 atom stereocenters. The van der Waals surface area contributed by atoms with E-state index in [-0.39, 0.29) is 54.6 Å². The largest absolute Gasteiger partial charge is 0.522 e. The molecule has 1 fully saturated rings. The molecular formula is C27H29F3N6O6S. The maximum absolute atomic E-state index is 12.8. The molecule has 0 saturated carbocycles. The second-order valence-corrected chi connectivity index (χ2v) is 12.8. The Balaban J connectivity index is 1.53. The van der Waals surface area contributed by atoms with Crippen molar-refractivity contribution in [2.75, 3.05) is 41.5 Å². The second kappa shape index (κ2) is 11.1. The van der Waals surface area contributed by atoms with Crippen LogP contribution >= 0.6 is 0 Å². The smallest absolute Gasteiger partial charge is 0.479 e. The molecule has 0 radical (unpaired) electrons. The van der Waals surface area contributed by atoms with Crippen LogP contribution in [-0.4, -0.2) is 73.3 Å². The summed E-state index contributed by atoms with van der Waals surface area (Å²) in [6.45, 7) is 5.47. The van der Waals surface area contributed by atoms with Gasteiger partial charge in [0.1, 0.15) is 23.8 Å². The third kappa shape index (κ3) is 7.43. The molecule has 43 heavy (non-hydrogen) atoms. The predicted molar refractivity (Wildman–Crippen MR) is 150 cm³/mol. The van der Waals surface area contributed by atoms with Crippen LogP contribution in [-0.2, 0) is 19.4 Å². The highest BCUT2D eigenvalue weighted by Crippen LogP contribution is 2.38. The van der Waals surface area contributed by atoms with Gasteiger partial charge in [-0.2, -0.15) is 0 Å². The molecule has 3 aromatic rings. The molecule has 16 heteroatoms. The third-order valence-corrected chi connectivity index (χ3v) is 7.46. The molecule has 0 aliphatic carbocycles. The third-order valence-electron chi connectivity index (χ3n) is 6.49. The minimum Gasteiger partial charge on any atom is -0.479 e. The molecule has 0 spiro atoms. The lowest BCUT2D eigenvalue weighted by molar-refractivity contribution is -0.339. The first-order valence-electron chi connectivity index (χ1n) is 13.1. The Morgan fingerprint density at radius 2 is 1.93 bits per heavy atom. The fourth-order valence-electron chi connectivity index (χ4n) is 4.65. The molecular weight excluding hydrogens is 593 g/mol. The summed E-state index contributed by atoms with van der Waals surface area (Å²) in [5, 5.41) is 5.40. The summed E-state index contributed by atoms with van der Waals surface area (Å²) in [7, 11) is -3.82. The molecule has 1 amide bonds. The average Bonchev–Trinajstić information content (AvgIpc) is 3.34. The van der Waals surface area contributed by atoms with E-state index in [2.05, 4.69) is 30.3 Å². The van der Waals surface area contributed by atoms with Crippen LogP contribution in [0.2, 0.25) is 0 Å². The van der Waals surface area contributed by atoms with Crippen molar-refractivity contribution in [3.8, 4) is 22.9 Å². The normalized spacial score (nSPS) is 17.9. The fourth-order valence-corrected chi connectivity index (χ4v) is 5.25. The van der Waals surface area contributed by atoms with Gasteiger partial charge in [0.25, 0.3) is 5.88 Å². The van der Waals surface area contributed by atoms with Crippen molar-refractivity contribution < 1.29 is 40.6 Å². The quantitative estimate of drug-likeness (QED) is 0.389. The van der Waals surface area contributed by atoms with Crippen LogP contribution in [0.1, 0.15) is 27.2 Å². The zero-order valence-corrected chi connectivity index (χ0v) is 24.5. The predicted octanol–water partition coefficient (Wildman–Crippen LogP) is 4.31. The summed E-state index contributed by atoms with van der Waals surface area (Å²) in [6, 6.07) is 7.75. The number of rotatable bonds is 7. The lowest BCUT2D eigenvalue weighted by atomic mass is 10.1. The van der Waals surface area contributed by atoms with E-state index in [0.717, 1.165) is 6.26 Å².